The molecule has 3 nitrogen and oxygen atoms in total. The van der Waals surface area contributed by atoms with Gasteiger partial charge in [-0.25, -0.2) is 0 Å². The summed E-state index contributed by atoms with van der Waals surface area (Å²) in [5.41, 5.74) is 9.97. The van der Waals surface area contributed by atoms with Crippen molar-refractivity contribution in [3.8, 4) is 0 Å². The van der Waals surface area contributed by atoms with Crippen LogP contribution >= 0.6 is 24.8 Å². The molecule has 0 spiro atoms. The second-order valence-corrected chi connectivity index (χ2v) is 1.65. The molecule has 0 radical (unpaired) electrons. The number of carbonyl (C=O) groups is 1. The van der Waals surface area contributed by atoms with E-state index < -0.39 is 0 Å². The number of hydrogen-bond acceptors (Lipinski definition) is 2. The topological polar surface area (TPSA) is 69.1 Å². The third-order valence-corrected chi connectivity index (χ3v) is 0.523. The van der Waals surface area contributed by atoms with Crippen molar-refractivity contribution in [1.82, 2.24) is 0 Å². The largest absolute Gasteiger partial charge is 0.370 e. The van der Waals surface area contributed by atoms with Crippen LogP contribution in [0.3, 0.4) is 0 Å². The molecule has 0 aromatic rings. The maximum absolute atomic E-state index is 9.95. The normalized spacial score (nSPS) is 10.4. The number of nitrogens with two attached hydrogens (primary N) is 2. The molecule has 0 bridgehead atoms. The molecule has 0 saturated carbocycles. The zero-order valence-corrected chi connectivity index (χ0v) is 6.80. The van der Waals surface area contributed by atoms with Crippen LogP contribution in [0.5, 0.6) is 0 Å². The van der Waals surface area contributed by atoms with Crippen LogP contribution < -0.4 is 11.5 Å². The highest BCUT2D eigenvalue weighted by Crippen LogP contribution is 1.80. The van der Waals surface area contributed by atoms with Gasteiger partial charge in [-0.15, -0.1) is 24.8 Å². The molecule has 4 N–H and O–H groups in total. The SMILES string of the molecule is C[C@@H](N)CC(N)=O.Cl.Cl. The summed E-state index contributed by atoms with van der Waals surface area (Å²) >= 11 is 0. The molecular formula is C4H12Cl2N2O. The molecule has 0 saturated heterocycles. The maximum Gasteiger partial charge on any atom is 0.218 e. The summed E-state index contributed by atoms with van der Waals surface area (Å²) in [6, 6.07) is -0.0995. The number of amides is 1. The highest BCUT2D eigenvalue weighted by molar-refractivity contribution is 5.85. The molecule has 58 valence electrons. The summed E-state index contributed by atoms with van der Waals surface area (Å²) in [7, 11) is 0. The molecule has 0 aliphatic carbocycles. The van der Waals surface area contributed by atoms with Gasteiger partial charge in [0.05, 0.1) is 0 Å². The summed E-state index contributed by atoms with van der Waals surface area (Å²) in [5, 5.41) is 0. The summed E-state index contributed by atoms with van der Waals surface area (Å²) in [6.07, 6.45) is 0.278. The molecule has 5 heteroatoms. The standard InChI is InChI=1S/C4H10N2O.2ClH/c1-3(5)2-4(6)7;;/h3H,2,5H2,1H3,(H2,6,7);2*1H/t3-;;/m1../s1. The van der Waals surface area contributed by atoms with Crippen LogP contribution in [0.4, 0.5) is 0 Å². The van der Waals surface area contributed by atoms with E-state index in [1.807, 2.05) is 0 Å². The van der Waals surface area contributed by atoms with Gasteiger partial charge in [0, 0.05) is 12.5 Å². The Hall–Kier alpha value is 0.01000. The van der Waals surface area contributed by atoms with Crippen molar-refractivity contribution in [2.45, 2.75) is 19.4 Å². The van der Waals surface area contributed by atoms with Gasteiger partial charge in [-0.2, -0.15) is 0 Å². The molecule has 1 atom stereocenters. The van der Waals surface area contributed by atoms with Gasteiger partial charge in [0.15, 0.2) is 0 Å². The van der Waals surface area contributed by atoms with E-state index in [9.17, 15) is 4.79 Å². The van der Waals surface area contributed by atoms with Gasteiger partial charge in [0.1, 0.15) is 0 Å². The molecule has 0 unspecified atom stereocenters. The van der Waals surface area contributed by atoms with Crippen LogP contribution in [0.2, 0.25) is 0 Å². The third-order valence-electron chi connectivity index (χ3n) is 0.523. The first kappa shape index (κ1) is 16.0. The highest BCUT2D eigenvalue weighted by atomic mass is 35.5. The van der Waals surface area contributed by atoms with E-state index in [4.69, 9.17) is 11.5 Å². The minimum Gasteiger partial charge on any atom is -0.370 e. The Morgan fingerprint density at radius 2 is 1.89 bits per heavy atom. The molecule has 0 aromatic heterocycles. The summed E-state index contributed by atoms with van der Waals surface area (Å²) < 4.78 is 0. The fourth-order valence-corrected chi connectivity index (χ4v) is 0.317. The second-order valence-electron chi connectivity index (χ2n) is 1.65. The van der Waals surface area contributed by atoms with Gasteiger partial charge in [-0.05, 0) is 6.92 Å². The van der Waals surface area contributed by atoms with Crippen molar-refractivity contribution < 1.29 is 4.79 Å². The Balaban J connectivity index is -0.000000180. The van der Waals surface area contributed by atoms with Crippen LogP contribution in [0.25, 0.3) is 0 Å². The Morgan fingerprint density at radius 3 is 1.89 bits per heavy atom. The van der Waals surface area contributed by atoms with Crippen LogP contribution in [0.1, 0.15) is 13.3 Å². The number of halogens is 2. The monoisotopic (exact) mass is 174 g/mol. The van der Waals surface area contributed by atoms with Gasteiger partial charge < -0.3 is 11.5 Å². The minimum absolute atomic E-state index is 0. The number of primary amides is 1. The van der Waals surface area contributed by atoms with Crippen molar-refractivity contribution in [3.05, 3.63) is 0 Å². The smallest absolute Gasteiger partial charge is 0.218 e. The van der Waals surface area contributed by atoms with Crippen molar-refractivity contribution in [1.29, 1.82) is 0 Å². The van der Waals surface area contributed by atoms with E-state index in [-0.39, 0.29) is 43.2 Å². The molecule has 0 aromatic carbocycles. The molecular weight excluding hydrogens is 163 g/mol. The van der Waals surface area contributed by atoms with Crippen LogP contribution in [-0.4, -0.2) is 11.9 Å². The summed E-state index contributed by atoms with van der Waals surface area (Å²) in [5.74, 6) is -0.338. The maximum atomic E-state index is 9.95. The molecule has 0 heterocycles. The first-order valence-electron chi connectivity index (χ1n) is 2.17. The van der Waals surface area contributed by atoms with Gasteiger partial charge in [0.2, 0.25) is 5.91 Å². The zero-order chi connectivity index (χ0) is 5.86. The average Bonchev–Trinajstić information content (AvgIpc) is 1.27. The van der Waals surface area contributed by atoms with E-state index in [0.717, 1.165) is 0 Å². The Labute approximate surface area is 67.0 Å². The van der Waals surface area contributed by atoms with Gasteiger partial charge in [-0.1, -0.05) is 0 Å². The van der Waals surface area contributed by atoms with Crippen LogP contribution in [0, 0.1) is 0 Å². The lowest BCUT2D eigenvalue weighted by atomic mass is 10.2. The van der Waals surface area contributed by atoms with Gasteiger partial charge >= 0.3 is 0 Å². The number of carbonyl (C=O) groups excluding carboxylic acids is 1. The first-order valence-corrected chi connectivity index (χ1v) is 2.17. The lowest BCUT2D eigenvalue weighted by molar-refractivity contribution is -0.118. The Bertz CT molecular complexity index is 77.0. The molecule has 0 rings (SSSR count). The van der Waals surface area contributed by atoms with Gasteiger partial charge in [0.25, 0.3) is 0 Å². The zero-order valence-electron chi connectivity index (χ0n) is 5.16. The van der Waals surface area contributed by atoms with Gasteiger partial charge in [-0.3, -0.25) is 4.79 Å². The van der Waals surface area contributed by atoms with Crippen molar-refractivity contribution in [2.24, 2.45) is 11.5 Å². The minimum atomic E-state index is -0.338. The lowest BCUT2D eigenvalue weighted by Gasteiger charge is -1.96. The lowest BCUT2D eigenvalue weighted by Crippen LogP contribution is -2.24. The van der Waals surface area contributed by atoms with E-state index in [2.05, 4.69) is 0 Å². The Kier molecular flexibility index (Phi) is 14.2. The second kappa shape index (κ2) is 8.01. The van der Waals surface area contributed by atoms with E-state index in [1.165, 1.54) is 0 Å². The quantitative estimate of drug-likeness (QED) is 0.622. The highest BCUT2D eigenvalue weighted by Gasteiger charge is 1.96. The fraction of sp³-hybridized carbons (Fsp3) is 0.750. The summed E-state index contributed by atoms with van der Waals surface area (Å²) in [6.45, 7) is 1.74. The first-order chi connectivity index (χ1) is 3.13. The van der Waals surface area contributed by atoms with Crippen LogP contribution in [0.15, 0.2) is 0 Å². The number of hydrogen-bond donors (Lipinski definition) is 2. The fourth-order valence-electron chi connectivity index (χ4n) is 0.317. The van der Waals surface area contributed by atoms with Crippen molar-refractivity contribution >= 4 is 30.7 Å². The predicted octanol–water partition coefficient (Wildman–Crippen LogP) is 0.0526. The van der Waals surface area contributed by atoms with Crippen molar-refractivity contribution in [2.75, 3.05) is 0 Å². The van der Waals surface area contributed by atoms with E-state index in [0.29, 0.717) is 0 Å². The van der Waals surface area contributed by atoms with Crippen molar-refractivity contribution in [3.63, 3.8) is 0 Å². The Morgan fingerprint density at radius 1 is 1.56 bits per heavy atom. The molecule has 0 aliphatic rings. The molecule has 0 aliphatic heterocycles. The third kappa shape index (κ3) is 18.0. The molecule has 1 amide bonds. The average molecular weight is 175 g/mol. The predicted molar refractivity (Wildman–Crippen MR) is 42.0 cm³/mol. The van der Waals surface area contributed by atoms with E-state index >= 15 is 0 Å². The molecule has 0 fully saturated rings. The molecule has 9 heavy (non-hydrogen) atoms. The van der Waals surface area contributed by atoms with Crippen LogP contribution in [-0.2, 0) is 4.79 Å². The summed E-state index contributed by atoms with van der Waals surface area (Å²) in [4.78, 5) is 9.95. The number of rotatable bonds is 2. The van der Waals surface area contributed by atoms with E-state index in [1.54, 1.807) is 6.92 Å².